The van der Waals surface area contributed by atoms with Gasteiger partial charge in [-0.2, -0.15) is 5.10 Å². The Hall–Kier alpha value is -3.32. The van der Waals surface area contributed by atoms with Crippen molar-refractivity contribution in [2.24, 2.45) is 0 Å². The number of carbonyl (C=O) groups is 2. The minimum Gasteiger partial charge on any atom is -0.497 e. The van der Waals surface area contributed by atoms with E-state index in [9.17, 15) is 14.7 Å². The maximum Gasteiger partial charge on any atom is 0.356 e. The summed E-state index contributed by atoms with van der Waals surface area (Å²) in [6.07, 6.45) is 0. The normalized spacial score (nSPS) is 10.5. The van der Waals surface area contributed by atoms with Gasteiger partial charge in [0.2, 0.25) is 0 Å². The SMILES string of the molecule is CCn1nc(-c2ccc(Cl)cc2)c(NC(=O)c2cccc(OC)c2)c1C(=O)O. The van der Waals surface area contributed by atoms with Gasteiger partial charge in [0, 0.05) is 22.7 Å². The van der Waals surface area contributed by atoms with Gasteiger partial charge in [-0.15, -0.1) is 0 Å². The van der Waals surface area contributed by atoms with Gasteiger partial charge in [-0.05, 0) is 37.3 Å². The van der Waals surface area contributed by atoms with E-state index in [1.54, 1.807) is 55.5 Å². The molecule has 1 heterocycles. The third kappa shape index (κ3) is 3.84. The van der Waals surface area contributed by atoms with Crippen LogP contribution < -0.4 is 10.1 Å². The number of amides is 1. The number of hydrogen-bond acceptors (Lipinski definition) is 4. The van der Waals surface area contributed by atoms with Crippen LogP contribution in [0.2, 0.25) is 5.02 Å². The van der Waals surface area contributed by atoms with Gasteiger partial charge in [-0.3, -0.25) is 9.48 Å². The summed E-state index contributed by atoms with van der Waals surface area (Å²) in [5.41, 5.74) is 1.36. The highest BCUT2D eigenvalue weighted by molar-refractivity contribution is 6.30. The zero-order chi connectivity index (χ0) is 20.3. The molecule has 7 nitrogen and oxygen atoms in total. The number of nitrogens with one attached hydrogen (secondary N) is 1. The van der Waals surface area contributed by atoms with Gasteiger partial charge in [0.1, 0.15) is 17.1 Å². The number of ether oxygens (including phenoxy) is 1. The summed E-state index contributed by atoms with van der Waals surface area (Å²) in [5.74, 6) is -1.13. The van der Waals surface area contributed by atoms with Crippen molar-refractivity contribution >= 4 is 29.2 Å². The van der Waals surface area contributed by atoms with Gasteiger partial charge >= 0.3 is 5.97 Å². The van der Waals surface area contributed by atoms with Gasteiger partial charge in [0.25, 0.3) is 5.91 Å². The summed E-state index contributed by atoms with van der Waals surface area (Å²) in [6, 6.07) is 13.4. The molecule has 0 spiro atoms. The van der Waals surface area contributed by atoms with E-state index in [4.69, 9.17) is 16.3 Å². The van der Waals surface area contributed by atoms with Gasteiger partial charge in [0.05, 0.1) is 7.11 Å². The first-order chi connectivity index (χ1) is 13.4. The van der Waals surface area contributed by atoms with Crippen molar-refractivity contribution in [3.63, 3.8) is 0 Å². The van der Waals surface area contributed by atoms with Crippen LogP contribution >= 0.6 is 11.6 Å². The van der Waals surface area contributed by atoms with Crippen molar-refractivity contribution in [1.29, 1.82) is 0 Å². The smallest absolute Gasteiger partial charge is 0.356 e. The van der Waals surface area contributed by atoms with E-state index in [1.165, 1.54) is 11.8 Å². The number of aryl methyl sites for hydroxylation is 1. The number of anilines is 1. The number of aromatic nitrogens is 2. The minimum atomic E-state index is -1.18. The van der Waals surface area contributed by atoms with Crippen molar-refractivity contribution in [3.8, 4) is 17.0 Å². The van der Waals surface area contributed by atoms with Gasteiger partial charge < -0.3 is 15.2 Å². The van der Waals surface area contributed by atoms with Crippen LogP contribution in [-0.2, 0) is 6.54 Å². The second-order valence-corrected chi connectivity index (χ2v) is 6.32. The molecule has 2 aromatic carbocycles. The molecule has 0 saturated heterocycles. The molecular formula is C20H18ClN3O4. The van der Waals surface area contributed by atoms with E-state index in [-0.39, 0.29) is 11.4 Å². The first-order valence-corrected chi connectivity index (χ1v) is 8.87. The average Bonchev–Trinajstić information content (AvgIpc) is 3.07. The van der Waals surface area contributed by atoms with Crippen molar-refractivity contribution in [2.75, 3.05) is 12.4 Å². The average molecular weight is 400 g/mol. The molecular weight excluding hydrogens is 382 g/mol. The maximum atomic E-state index is 12.8. The van der Waals surface area contributed by atoms with Crippen molar-refractivity contribution in [1.82, 2.24) is 9.78 Å². The minimum absolute atomic E-state index is 0.0938. The van der Waals surface area contributed by atoms with Crippen LogP contribution in [0.3, 0.4) is 0 Å². The zero-order valence-corrected chi connectivity index (χ0v) is 16.0. The van der Waals surface area contributed by atoms with E-state index in [2.05, 4.69) is 10.4 Å². The number of methoxy groups -OCH3 is 1. The Kier molecular flexibility index (Phi) is 5.65. The predicted molar refractivity (Wildman–Crippen MR) is 106 cm³/mol. The Balaban J connectivity index is 2.09. The molecule has 0 aliphatic carbocycles. The first-order valence-electron chi connectivity index (χ1n) is 8.50. The number of carbonyl (C=O) groups excluding carboxylic acids is 1. The third-order valence-corrected chi connectivity index (χ3v) is 4.39. The van der Waals surface area contributed by atoms with E-state index < -0.39 is 11.9 Å². The molecule has 144 valence electrons. The molecule has 0 aliphatic rings. The molecule has 1 aromatic heterocycles. The molecule has 8 heteroatoms. The largest absolute Gasteiger partial charge is 0.497 e. The molecule has 0 fully saturated rings. The fourth-order valence-corrected chi connectivity index (χ4v) is 2.91. The second-order valence-electron chi connectivity index (χ2n) is 5.89. The van der Waals surface area contributed by atoms with E-state index in [1.807, 2.05) is 0 Å². The van der Waals surface area contributed by atoms with Crippen LogP contribution in [0.25, 0.3) is 11.3 Å². The standard InChI is InChI=1S/C20H18ClN3O4/c1-3-24-18(20(26)27)17(16(23-24)12-7-9-14(21)10-8-12)22-19(25)13-5-4-6-15(11-13)28-2/h4-11H,3H2,1-2H3,(H,22,25)(H,26,27). The number of rotatable bonds is 6. The number of aromatic carboxylic acids is 1. The zero-order valence-electron chi connectivity index (χ0n) is 15.3. The van der Waals surface area contributed by atoms with E-state index in [0.29, 0.717) is 34.1 Å². The number of carboxylic acids is 1. The quantitative estimate of drug-likeness (QED) is 0.648. The van der Waals surface area contributed by atoms with Crippen LogP contribution in [0.4, 0.5) is 5.69 Å². The summed E-state index contributed by atoms with van der Waals surface area (Å²) in [6.45, 7) is 2.11. The van der Waals surface area contributed by atoms with E-state index in [0.717, 1.165) is 0 Å². The Morgan fingerprint density at radius 3 is 2.54 bits per heavy atom. The first kappa shape index (κ1) is 19.4. The molecule has 0 aliphatic heterocycles. The van der Waals surface area contributed by atoms with Crippen LogP contribution in [0.15, 0.2) is 48.5 Å². The number of hydrogen-bond donors (Lipinski definition) is 2. The lowest BCUT2D eigenvalue weighted by Crippen LogP contribution is -2.16. The lowest BCUT2D eigenvalue weighted by molar-refractivity contribution is 0.0684. The summed E-state index contributed by atoms with van der Waals surface area (Å²) < 4.78 is 6.48. The Labute approximate surface area is 166 Å². The summed E-state index contributed by atoms with van der Waals surface area (Å²) in [4.78, 5) is 24.6. The molecule has 0 saturated carbocycles. The highest BCUT2D eigenvalue weighted by atomic mass is 35.5. The lowest BCUT2D eigenvalue weighted by atomic mass is 10.1. The predicted octanol–water partition coefficient (Wildman–Crippen LogP) is 4.18. The Morgan fingerprint density at radius 2 is 1.93 bits per heavy atom. The summed E-state index contributed by atoms with van der Waals surface area (Å²) in [7, 11) is 1.50. The molecule has 0 radical (unpaired) electrons. The van der Waals surface area contributed by atoms with E-state index >= 15 is 0 Å². The third-order valence-electron chi connectivity index (χ3n) is 4.14. The van der Waals surface area contributed by atoms with Crippen molar-refractivity contribution in [3.05, 3.63) is 64.8 Å². The Morgan fingerprint density at radius 1 is 1.21 bits per heavy atom. The highest BCUT2D eigenvalue weighted by Gasteiger charge is 2.25. The fraction of sp³-hybridized carbons (Fsp3) is 0.150. The van der Waals surface area contributed by atoms with Gasteiger partial charge in [-0.1, -0.05) is 29.8 Å². The maximum absolute atomic E-state index is 12.8. The molecule has 0 bridgehead atoms. The summed E-state index contributed by atoms with van der Waals surface area (Å²) >= 11 is 5.94. The number of carboxylic acid groups (broad SMARTS) is 1. The Bertz CT molecular complexity index is 1030. The summed E-state index contributed by atoms with van der Waals surface area (Å²) in [5, 5.41) is 17.3. The number of benzene rings is 2. The van der Waals surface area contributed by atoms with Crippen LogP contribution in [0, 0.1) is 0 Å². The van der Waals surface area contributed by atoms with Gasteiger partial charge in [-0.25, -0.2) is 4.79 Å². The number of halogens is 1. The van der Waals surface area contributed by atoms with Crippen molar-refractivity contribution in [2.45, 2.75) is 13.5 Å². The molecule has 0 unspecified atom stereocenters. The lowest BCUT2D eigenvalue weighted by Gasteiger charge is -2.09. The van der Waals surface area contributed by atoms with Crippen LogP contribution in [0.1, 0.15) is 27.8 Å². The fourth-order valence-electron chi connectivity index (χ4n) is 2.79. The molecule has 28 heavy (non-hydrogen) atoms. The molecule has 3 aromatic rings. The monoisotopic (exact) mass is 399 g/mol. The van der Waals surface area contributed by atoms with Crippen molar-refractivity contribution < 1.29 is 19.4 Å². The molecule has 0 atom stereocenters. The topological polar surface area (TPSA) is 93.5 Å². The second kappa shape index (κ2) is 8.14. The number of nitrogens with zero attached hydrogens (tertiary/aromatic N) is 2. The van der Waals surface area contributed by atoms with Crippen LogP contribution in [-0.4, -0.2) is 33.9 Å². The highest BCUT2D eigenvalue weighted by Crippen LogP contribution is 2.32. The molecule has 2 N–H and O–H groups in total. The van der Waals surface area contributed by atoms with Gasteiger partial charge in [0.15, 0.2) is 5.69 Å². The molecule has 3 rings (SSSR count). The van der Waals surface area contributed by atoms with Crippen LogP contribution in [0.5, 0.6) is 5.75 Å². The molecule has 1 amide bonds.